The lowest BCUT2D eigenvalue weighted by Gasteiger charge is -2.19. The fourth-order valence-electron chi connectivity index (χ4n) is 1.77. The molecule has 0 aliphatic rings. The van der Waals surface area contributed by atoms with Crippen molar-refractivity contribution in [3.05, 3.63) is 39.4 Å². The van der Waals surface area contributed by atoms with Crippen molar-refractivity contribution in [1.82, 2.24) is 9.55 Å². The van der Waals surface area contributed by atoms with Crippen molar-refractivity contribution in [2.75, 3.05) is 0 Å². The Kier molecular flexibility index (Phi) is 3.04. The third-order valence-electron chi connectivity index (χ3n) is 2.57. The standard InChI is InChI=1S/C12H12BrClN2O/c1-12(2,13)11-15-9-5-4-7(14)6-8(9)10(17)16(11)3/h4-6H,1-3H3. The summed E-state index contributed by atoms with van der Waals surface area (Å²) in [5.74, 6) is 0.692. The number of hydrogen-bond acceptors (Lipinski definition) is 2. The van der Waals surface area contributed by atoms with Crippen molar-refractivity contribution in [3.8, 4) is 0 Å². The first-order valence-electron chi connectivity index (χ1n) is 5.16. The zero-order valence-corrected chi connectivity index (χ0v) is 12.1. The lowest BCUT2D eigenvalue weighted by Crippen LogP contribution is -2.28. The number of hydrogen-bond donors (Lipinski definition) is 0. The Morgan fingerprint density at radius 2 is 2.06 bits per heavy atom. The Labute approximate surface area is 113 Å². The van der Waals surface area contributed by atoms with E-state index in [1.54, 1.807) is 29.8 Å². The highest BCUT2D eigenvalue weighted by molar-refractivity contribution is 9.09. The SMILES string of the molecule is Cn1c(C(C)(C)Br)nc2ccc(Cl)cc2c1=O. The van der Waals surface area contributed by atoms with Gasteiger partial charge in [-0.2, -0.15) is 0 Å². The normalized spacial score (nSPS) is 12.1. The van der Waals surface area contributed by atoms with Gasteiger partial charge in [0, 0.05) is 12.1 Å². The van der Waals surface area contributed by atoms with Crippen LogP contribution in [-0.4, -0.2) is 9.55 Å². The number of fused-ring (bicyclic) bond motifs is 1. The van der Waals surface area contributed by atoms with Gasteiger partial charge in [-0.05, 0) is 32.0 Å². The molecule has 90 valence electrons. The Hall–Kier alpha value is -0.870. The predicted octanol–water partition coefficient (Wildman–Crippen LogP) is 3.22. The number of aromatic nitrogens is 2. The van der Waals surface area contributed by atoms with Crippen molar-refractivity contribution in [2.24, 2.45) is 7.05 Å². The maximum Gasteiger partial charge on any atom is 0.261 e. The molecule has 1 aromatic heterocycles. The van der Waals surface area contributed by atoms with Gasteiger partial charge in [0.2, 0.25) is 0 Å². The second-order valence-corrected chi connectivity index (χ2v) is 6.85. The van der Waals surface area contributed by atoms with E-state index in [0.29, 0.717) is 21.7 Å². The highest BCUT2D eigenvalue weighted by atomic mass is 79.9. The smallest absolute Gasteiger partial charge is 0.261 e. The Balaban J connectivity index is 2.90. The van der Waals surface area contributed by atoms with E-state index in [1.807, 2.05) is 13.8 Å². The molecule has 0 aliphatic carbocycles. The fraction of sp³-hybridized carbons (Fsp3) is 0.333. The van der Waals surface area contributed by atoms with E-state index >= 15 is 0 Å². The molecule has 0 saturated heterocycles. The summed E-state index contributed by atoms with van der Waals surface area (Å²) < 4.78 is 1.20. The summed E-state index contributed by atoms with van der Waals surface area (Å²) in [4.78, 5) is 16.7. The third-order valence-corrected chi connectivity index (χ3v) is 3.16. The van der Waals surface area contributed by atoms with Crippen molar-refractivity contribution >= 4 is 38.4 Å². The molecule has 1 heterocycles. The molecule has 0 N–H and O–H groups in total. The van der Waals surface area contributed by atoms with Gasteiger partial charge in [0.15, 0.2) is 0 Å². The Morgan fingerprint density at radius 1 is 1.41 bits per heavy atom. The molecule has 0 amide bonds. The second-order valence-electron chi connectivity index (χ2n) is 4.43. The first-order valence-corrected chi connectivity index (χ1v) is 6.33. The summed E-state index contributed by atoms with van der Waals surface area (Å²) in [6.07, 6.45) is 0. The summed E-state index contributed by atoms with van der Waals surface area (Å²) in [6.45, 7) is 3.91. The van der Waals surface area contributed by atoms with Gasteiger partial charge in [0.05, 0.1) is 15.2 Å². The quantitative estimate of drug-likeness (QED) is 0.757. The van der Waals surface area contributed by atoms with Crippen molar-refractivity contribution in [3.63, 3.8) is 0 Å². The van der Waals surface area contributed by atoms with Crippen LogP contribution >= 0.6 is 27.5 Å². The lowest BCUT2D eigenvalue weighted by atomic mass is 10.1. The van der Waals surface area contributed by atoms with E-state index in [-0.39, 0.29) is 9.88 Å². The molecule has 3 nitrogen and oxygen atoms in total. The molecule has 0 saturated carbocycles. The van der Waals surface area contributed by atoms with Crippen LogP contribution in [0.25, 0.3) is 10.9 Å². The largest absolute Gasteiger partial charge is 0.298 e. The van der Waals surface area contributed by atoms with Crippen LogP contribution in [0.4, 0.5) is 0 Å². The monoisotopic (exact) mass is 314 g/mol. The maximum absolute atomic E-state index is 12.2. The number of rotatable bonds is 1. The number of benzene rings is 1. The molecule has 0 bridgehead atoms. The molecule has 17 heavy (non-hydrogen) atoms. The summed E-state index contributed by atoms with van der Waals surface area (Å²) in [5.41, 5.74) is 0.583. The highest BCUT2D eigenvalue weighted by Crippen LogP contribution is 2.28. The zero-order valence-electron chi connectivity index (χ0n) is 9.79. The molecule has 0 atom stereocenters. The van der Waals surface area contributed by atoms with Gasteiger partial charge in [-0.3, -0.25) is 9.36 Å². The molecule has 5 heteroatoms. The van der Waals surface area contributed by atoms with E-state index in [2.05, 4.69) is 20.9 Å². The molecule has 0 aliphatic heterocycles. The minimum atomic E-state index is -0.352. The van der Waals surface area contributed by atoms with Crippen LogP contribution in [0.2, 0.25) is 5.02 Å². The average molecular weight is 316 g/mol. The van der Waals surface area contributed by atoms with E-state index in [1.165, 1.54) is 0 Å². The number of halogens is 2. The minimum absolute atomic E-state index is 0.0833. The molecule has 0 spiro atoms. The molecule has 2 aromatic rings. The summed E-state index contributed by atoms with van der Waals surface area (Å²) in [5, 5.41) is 1.09. The lowest BCUT2D eigenvalue weighted by molar-refractivity contribution is 0.644. The van der Waals surface area contributed by atoms with Crippen LogP contribution in [0.15, 0.2) is 23.0 Å². The van der Waals surface area contributed by atoms with Crippen LogP contribution in [0.1, 0.15) is 19.7 Å². The van der Waals surface area contributed by atoms with Crippen LogP contribution in [0, 0.1) is 0 Å². The number of alkyl halides is 1. The fourth-order valence-corrected chi connectivity index (χ4v) is 2.30. The average Bonchev–Trinajstić information content (AvgIpc) is 2.22. The van der Waals surface area contributed by atoms with E-state index in [0.717, 1.165) is 0 Å². The van der Waals surface area contributed by atoms with Crippen LogP contribution in [0.5, 0.6) is 0 Å². The summed E-state index contributed by atoms with van der Waals surface area (Å²) in [7, 11) is 1.72. The Bertz CT molecular complexity index is 643. The first-order chi connectivity index (χ1) is 7.80. The molecular formula is C12H12BrClN2O. The van der Waals surface area contributed by atoms with Crippen LogP contribution < -0.4 is 5.56 Å². The van der Waals surface area contributed by atoms with Crippen molar-refractivity contribution in [1.29, 1.82) is 0 Å². The van der Waals surface area contributed by atoms with E-state index < -0.39 is 0 Å². The number of nitrogens with zero attached hydrogens (tertiary/aromatic N) is 2. The van der Waals surface area contributed by atoms with Gasteiger partial charge < -0.3 is 0 Å². The zero-order chi connectivity index (χ0) is 12.8. The van der Waals surface area contributed by atoms with E-state index in [9.17, 15) is 4.79 Å². The summed E-state index contributed by atoms with van der Waals surface area (Å²) in [6, 6.07) is 5.15. The van der Waals surface area contributed by atoms with Crippen LogP contribution in [-0.2, 0) is 11.4 Å². The minimum Gasteiger partial charge on any atom is -0.298 e. The summed E-state index contributed by atoms with van der Waals surface area (Å²) >= 11 is 9.41. The molecule has 1 aromatic carbocycles. The predicted molar refractivity (Wildman–Crippen MR) is 73.9 cm³/mol. The molecular weight excluding hydrogens is 304 g/mol. The van der Waals surface area contributed by atoms with Gasteiger partial charge in [-0.1, -0.05) is 27.5 Å². The van der Waals surface area contributed by atoms with Crippen LogP contribution in [0.3, 0.4) is 0 Å². The second kappa shape index (κ2) is 4.10. The van der Waals surface area contributed by atoms with Gasteiger partial charge in [-0.15, -0.1) is 0 Å². The van der Waals surface area contributed by atoms with Gasteiger partial charge in [-0.25, -0.2) is 4.98 Å². The first kappa shape index (κ1) is 12.6. The van der Waals surface area contributed by atoms with Crippen molar-refractivity contribution < 1.29 is 0 Å². The molecule has 0 radical (unpaired) electrons. The van der Waals surface area contributed by atoms with Crippen molar-refractivity contribution in [2.45, 2.75) is 18.2 Å². The van der Waals surface area contributed by atoms with Gasteiger partial charge >= 0.3 is 0 Å². The van der Waals surface area contributed by atoms with Gasteiger partial charge in [0.25, 0.3) is 5.56 Å². The topological polar surface area (TPSA) is 34.9 Å². The molecule has 2 rings (SSSR count). The highest BCUT2D eigenvalue weighted by Gasteiger charge is 2.22. The third kappa shape index (κ3) is 2.24. The maximum atomic E-state index is 12.2. The van der Waals surface area contributed by atoms with Gasteiger partial charge in [0.1, 0.15) is 5.82 Å². The Morgan fingerprint density at radius 3 is 2.65 bits per heavy atom. The molecule has 0 fully saturated rings. The van der Waals surface area contributed by atoms with E-state index in [4.69, 9.17) is 11.6 Å². The molecule has 0 unspecified atom stereocenters.